The van der Waals surface area contributed by atoms with Crippen LogP contribution in [0.2, 0.25) is 0 Å². The van der Waals surface area contributed by atoms with Gasteiger partial charge in [-0.15, -0.1) is 0 Å². The Morgan fingerprint density at radius 1 is 1.44 bits per heavy atom. The van der Waals surface area contributed by atoms with Crippen molar-refractivity contribution in [1.29, 1.82) is 0 Å². The molecule has 1 rings (SSSR count). The molecule has 16 heavy (non-hydrogen) atoms. The molecule has 0 saturated heterocycles. The summed E-state index contributed by atoms with van der Waals surface area (Å²) in [7, 11) is 0. The van der Waals surface area contributed by atoms with Gasteiger partial charge in [0, 0.05) is 12.7 Å². The molecule has 0 bridgehead atoms. The number of nitrogens with zero attached hydrogens (tertiary/aromatic N) is 2. The number of carboxylic acids is 1. The lowest BCUT2D eigenvalue weighted by Crippen LogP contribution is -2.22. The van der Waals surface area contributed by atoms with E-state index in [0.29, 0.717) is 5.92 Å². The molecule has 0 radical (unpaired) electrons. The highest BCUT2D eigenvalue weighted by Gasteiger charge is 2.26. The van der Waals surface area contributed by atoms with Gasteiger partial charge in [-0.1, -0.05) is 27.7 Å². The fourth-order valence-corrected chi connectivity index (χ4v) is 1.86. The Hall–Kier alpha value is -1.32. The second-order valence-electron chi connectivity index (χ2n) is 4.89. The lowest BCUT2D eigenvalue weighted by Gasteiger charge is -2.18. The molecule has 0 aromatic carbocycles. The maximum Gasteiger partial charge on any atom is 0.312 e. The van der Waals surface area contributed by atoms with Crippen LogP contribution >= 0.6 is 0 Å². The van der Waals surface area contributed by atoms with Crippen molar-refractivity contribution in [2.45, 2.75) is 40.2 Å². The van der Waals surface area contributed by atoms with Gasteiger partial charge in [0.05, 0.1) is 5.69 Å². The van der Waals surface area contributed by atoms with Gasteiger partial charge in [-0.2, -0.15) is 5.10 Å². The first-order valence-electron chi connectivity index (χ1n) is 5.68. The van der Waals surface area contributed by atoms with Crippen LogP contribution in [0.1, 0.15) is 39.3 Å². The Morgan fingerprint density at radius 2 is 2.06 bits per heavy atom. The third-order valence-corrected chi connectivity index (χ3v) is 2.54. The van der Waals surface area contributed by atoms with E-state index in [1.54, 1.807) is 12.3 Å². The number of carboxylic acid groups (broad SMARTS) is 1. The Morgan fingerprint density at radius 3 is 2.50 bits per heavy atom. The van der Waals surface area contributed by atoms with Crippen LogP contribution in [0.5, 0.6) is 0 Å². The molecule has 4 nitrogen and oxygen atoms in total. The van der Waals surface area contributed by atoms with Crippen molar-refractivity contribution in [3.63, 3.8) is 0 Å². The molecule has 0 fully saturated rings. The monoisotopic (exact) mass is 224 g/mol. The van der Waals surface area contributed by atoms with E-state index in [1.165, 1.54) is 0 Å². The number of hydrogen-bond donors (Lipinski definition) is 1. The molecule has 0 aliphatic carbocycles. The van der Waals surface area contributed by atoms with E-state index in [9.17, 15) is 9.90 Å². The molecule has 90 valence electrons. The number of hydrogen-bond acceptors (Lipinski definition) is 2. The van der Waals surface area contributed by atoms with Gasteiger partial charge < -0.3 is 5.11 Å². The number of rotatable bonds is 5. The summed E-state index contributed by atoms with van der Waals surface area (Å²) in [5.41, 5.74) is 0.802. The molecule has 0 aliphatic heterocycles. The highest BCUT2D eigenvalue weighted by Crippen LogP contribution is 2.24. The molecule has 0 aliphatic rings. The zero-order chi connectivity index (χ0) is 12.3. The van der Waals surface area contributed by atoms with Crippen LogP contribution in [-0.2, 0) is 11.3 Å². The average molecular weight is 224 g/mol. The van der Waals surface area contributed by atoms with Crippen molar-refractivity contribution in [3.8, 4) is 0 Å². The van der Waals surface area contributed by atoms with Gasteiger partial charge in [0.15, 0.2) is 0 Å². The van der Waals surface area contributed by atoms with E-state index in [0.717, 1.165) is 12.2 Å². The molecule has 4 heteroatoms. The minimum absolute atomic E-state index is 0.0695. The topological polar surface area (TPSA) is 55.1 Å². The summed E-state index contributed by atoms with van der Waals surface area (Å²) in [4.78, 5) is 11.2. The average Bonchev–Trinajstić information content (AvgIpc) is 2.50. The standard InChI is InChI=1S/C12H20N2O2/c1-8(2)7-14-10(5-6-13-14)11(9(3)4)12(15)16/h5-6,8-9,11H,7H2,1-4H3,(H,15,16). The van der Waals surface area contributed by atoms with Crippen LogP contribution in [0, 0.1) is 11.8 Å². The minimum atomic E-state index is -0.777. The van der Waals surface area contributed by atoms with Gasteiger partial charge in [-0.3, -0.25) is 9.48 Å². The number of aromatic nitrogens is 2. The highest BCUT2D eigenvalue weighted by atomic mass is 16.4. The Bertz CT molecular complexity index is 356. The molecular weight excluding hydrogens is 204 g/mol. The molecule has 0 amide bonds. The third-order valence-electron chi connectivity index (χ3n) is 2.54. The maximum atomic E-state index is 11.2. The summed E-state index contributed by atoms with van der Waals surface area (Å²) in [6.07, 6.45) is 1.68. The summed E-state index contributed by atoms with van der Waals surface area (Å²) in [5, 5.41) is 13.4. The first-order valence-corrected chi connectivity index (χ1v) is 5.68. The molecule has 0 saturated carbocycles. The van der Waals surface area contributed by atoms with Gasteiger partial charge in [0.25, 0.3) is 0 Å². The largest absolute Gasteiger partial charge is 0.481 e. The third kappa shape index (κ3) is 2.84. The zero-order valence-electron chi connectivity index (χ0n) is 10.3. The molecule has 1 aromatic heterocycles. The second-order valence-corrected chi connectivity index (χ2v) is 4.89. The Balaban J connectivity index is 3.01. The predicted molar refractivity (Wildman–Crippen MR) is 62.3 cm³/mol. The molecule has 1 atom stereocenters. The van der Waals surface area contributed by atoms with Crippen LogP contribution in [0.15, 0.2) is 12.3 Å². The first-order chi connectivity index (χ1) is 7.43. The lowest BCUT2D eigenvalue weighted by molar-refractivity contribution is -0.140. The van der Waals surface area contributed by atoms with Crippen molar-refractivity contribution < 1.29 is 9.90 Å². The van der Waals surface area contributed by atoms with Crippen LogP contribution in [0.25, 0.3) is 0 Å². The van der Waals surface area contributed by atoms with Gasteiger partial charge in [-0.05, 0) is 17.9 Å². The molecule has 0 spiro atoms. The maximum absolute atomic E-state index is 11.2. The lowest BCUT2D eigenvalue weighted by atomic mass is 9.92. The number of aliphatic carboxylic acids is 1. The normalized spacial score (nSPS) is 13.4. The van der Waals surface area contributed by atoms with Crippen molar-refractivity contribution in [2.75, 3.05) is 0 Å². The van der Waals surface area contributed by atoms with Crippen LogP contribution < -0.4 is 0 Å². The van der Waals surface area contributed by atoms with Gasteiger partial charge in [0.2, 0.25) is 0 Å². The van der Waals surface area contributed by atoms with Crippen molar-refractivity contribution in [1.82, 2.24) is 9.78 Å². The van der Waals surface area contributed by atoms with Crippen LogP contribution in [0.4, 0.5) is 0 Å². The molecular formula is C12H20N2O2. The van der Waals surface area contributed by atoms with E-state index in [2.05, 4.69) is 18.9 Å². The van der Waals surface area contributed by atoms with Crippen molar-refractivity contribution in [3.05, 3.63) is 18.0 Å². The second kappa shape index (κ2) is 5.14. The summed E-state index contributed by atoms with van der Waals surface area (Å²) in [5.74, 6) is -0.720. The summed E-state index contributed by atoms with van der Waals surface area (Å²) in [6, 6.07) is 1.81. The Labute approximate surface area is 96.3 Å². The molecule has 1 N–H and O–H groups in total. The molecule has 1 heterocycles. The predicted octanol–water partition coefficient (Wildman–Crippen LogP) is 2.36. The number of carbonyl (C=O) groups is 1. The zero-order valence-corrected chi connectivity index (χ0v) is 10.3. The SMILES string of the molecule is CC(C)Cn1nccc1C(C(=O)O)C(C)C. The van der Waals surface area contributed by atoms with Gasteiger partial charge >= 0.3 is 5.97 Å². The van der Waals surface area contributed by atoms with Crippen molar-refractivity contribution >= 4 is 5.97 Å². The van der Waals surface area contributed by atoms with E-state index in [4.69, 9.17) is 0 Å². The Kier molecular flexibility index (Phi) is 4.10. The van der Waals surface area contributed by atoms with Gasteiger partial charge in [0.1, 0.15) is 5.92 Å². The first kappa shape index (κ1) is 12.7. The van der Waals surface area contributed by atoms with Gasteiger partial charge in [-0.25, -0.2) is 0 Å². The highest BCUT2D eigenvalue weighted by molar-refractivity contribution is 5.75. The van der Waals surface area contributed by atoms with Crippen LogP contribution in [0.3, 0.4) is 0 Å². The molecule has 1 unspecified atom stereocenters. The molecule has 1 aromatic rings. The van der Waals surface area contributed by atoms with Crippen molar-refractivity contribution in [2.24, 2.45) is 11.8 Å². The summed E-state index contributed by atoms with van der Waals surface area (Å²) >= 11 is 0. The van der Waals surface area contributed by atoms with E-state index >= 15 is 0 Å². The quantitative estimate of drug-likeness (QED) is 0.835. The summed E-state index contributed by atoms with van der Waals surface area (Å²) < 4.78 is 1.81. The fourth-order valence-electron chi connectivity index (χ4n) is 1.86. The minimum Gasteiger partial charge on any atom is -0.481 e. The summed E-state index contributed by atoms with van der Waals surface area (Å²) in [6.45, 7) is 8.79. The van der Waals surface area contributed by atoms with E-state index in [-0.39, 0.29) is 5.92 Å². The van der Waals surface area contributed by atoms with E-state index < -0.39 is 11.9 Å². The van der Waals surface area contributed by atoms with E-state index in [1.807, 2.05) is 18.5 Å². The smallest absolute Gasteiger partial charge is 0.312 e. The fraction of sp³-hybridized carbons (Fsp3) is 0.667. The van der Waals surface area contributed by atoms with Crippen LogP contribution in [-0.4, -0.2) is 20.9 Å².